The van der Waals surface area contributed by atoms with E-state index in [0.29, 0.717) is 6.04 Å². The molecule has 0 aromatic carbocycles. The summed E-state index contributed by atoms with van der Waals surface area (Å²) < 4.78 is 0. The van der Waals surface area contributed by atoms with E-state index in [-0.39, 0.29) is 0 Å². The van der Waals surface area contributed by atoms with E-state index in [9.17, 15) is 9.90 Å². The minimum absolute atomic E-state index is 0.425. The maximum absolute atomic E-state index is 11.5. The van der Waals surface area contributed by atoms with Gasteiger partial charge < -0.3 is 5.11 Å². The molecule has 3 heteroatoms. The fourth-order valence-electron chi connectivity index (χ4n) is 3.27. The summed E-state index contributed by atoms with van der Waals surface area (Å²) >= 11 is 0. The summed E-state index contributed by atoms with van der Waals surface area (Å²) in [5, 5.41) is 9.45. The van der Waals surface area contributed by atoms with Crippen LogP contribution in [0, 0.1) is 5.41 Å². The highest BCUT2D eigenvalue weighted by Crippen LogP contribution is 2.40. The van der Waals surface area contributed by atoms with Gasteiger partial charge in [-0.05, 0) is 39.2 Å². The van der Waals surface area contributed by atoms with Gasteiger partial charge in [-0.1, -0.05) is 19.3 Å². The van der Waals surface area contributed by atoms with Gasteiger partial charge in [-0.2, -0.15) is 0 Å². The van der Waals surface area contributed by atoms with Gasteiger partial charge in [0.1, 0.15) is 0 Å². The Kier molecular flexibility index (Phi) is 3.53. The molecule has 1 N–H and O–H groups in total. The largest absolute Gasteiger partial charge is 0.481 e. The summed E-state index contributed by atoms with van der Waals surface area (Å²) in [6.45, 7) is 4.11. The highest BCUT2D eigenvalue weighted by Gasteiger charge is 2.43. The zero-order chi connectivity index (χ0) is 11.6. The van der Waals surface area contributed by atoms with Crippen molar-refractivity contribution in [3.05, 3.63) is 0 Å². The molecule has 92 valence electrons. The van der Waals surface area contributed by atoms with E-state index >= 15 is 0 Å². The summed E-state index contributed by atoms with van der Waals surface area (Å²) in [7, 11) is 0. The molecule has 0 amide bonds. The predicted molar refractivity (Wildman–Crippen MR) is 63.4 cm³/mol. The third-order valence-corrected chi connectivity index (χ3v) is 4.46. The summed E-state index contributed by atoms with van der Waals surface area (Å²) in [5.74, 6) is -0.567. The zero-order valence-electron chi connectivity index (χ0n) is 10.2. The minimum Gasteiger partial charge on any atom is -0.481 e. The fourth-order valence-corrected chi connectivity index (χ4v) is 3.27. The van der Waals surface area contributed by atoms with Crippen LogP contribution >= 0.6 is 0 Å². The topological polar surface area (TPSA) is 40.5 Å². The van der Waals surface area contributed by atoms with Crippen molar-refractivity contribution in [1.29, 1.82) is 0 Å². The molecule has 0 aromatic rings. The van der Waals surface area contributed by atoms with E-state index in [1.807, 2.05) is 0 Å². The molecule has 1 aliphatic carbocycles. The number of carbonyl (C=O) groups is 1. The van der Waals surface area contributed by atoms with Crippen LogP contribution in [0.4, 0.5) is 0 Å². The van der Waals surface area contributed by atoms with Crippen molar-refractivity contribution in [2.24, 2.45) is 5.41 Å². The van der Waals surface area contributed by atoms with Gasteiger partial charge in [0.25, 0.3) is 0 Å². The summed E-state index contributed by atoms with van der Waals surface area (Å²) in [4.78, 5) is 13.9. The van der Waals surface area contributed by atoms with Crippen LogP contribution in [-0.2, 0) is 4.79 Å². The Balaban J connectivity index is 2.02. The second-order valence-electron chi connectivity index (χ2n) is 5.61. The van der Waals surface area contributed by atoms with Crippen molar-refractivity contribution >= 4 is 5.97 Å². The SMILES string of the molecule is CC1CCCCN1CC1(C(=O)O)CCCC1. The molecule has 0 radical (unpaired) electrons. The number of hydrogen-bond donors (Lipinski definition) is 1. The molecule has 1 saturated carbocycles. The van der Waals surface area contributed by atoms with E-state index in [0.717, 1.165) is 38.8 Å². The molecular formula is C13H23NO2. The number of nitrogens with zero attached hydrogens (tertiary/aromatic N) is 1. The highest BCUT2D eigenvalue weighted by atomic mass is 16.4. The fraction of sp³-hybridized carbons (Fsp3) is 0.923. The molecule has 2 rings (SSSR count). The van der Waals surface area contributed by atoms with Gasteiger partial charge in [-0.15, -0.1) is 0 Å². The van der Waals surface area contributed by atoms with Crippen molar-refractivity contribution in [3.8, 4) is 0 Å². The van der Waals surface area contributed by atoms with E-state index in [1.54, 1.807) is 0 Å². The normalized spacial score (nSPS) is 30.4. The lowest BCUT2D eigenvalue weighted by molar-refractivity contribution is -0.150. The third kappa shape index (κ3) is 2.24. The third-order valence-electron chi connectivity index (χ3n) is 4.46. The molecule has 1 saturated heterocycles. The van der Waals surface area contributed by atoms with Crippen molar-refractivity contribution in [3.63, 3.8) is 0 Å². The van der Waals surface area contributed by atoms with Crippen molar-refractivity contribution in [1.82, 2.24) is 4.90 Å². The average Bonchev–Trinajstić information content (AvgIpc) is 2.71. The molecule has 1 unspecified atom stereocenters. The Bertz CT molecular complexity index is 259. The van der Waals surface area contributed by atoms with E-state index < -0.39 is 11.4 Å². The van der Waals surface area contributed by atoms with Gasteiger partial charge in [-0.25, -0.2) is 0 Å². The van der Waals surface area contributed by atoms with Crippen LogP contribution in [0.3, 0.4) is 0 Å². The van der Waals surface area contributed by atoms with E-state index in [1.165, 1.54) is 19.3 Å². The van der Waals surface area contributed by atoms with Crippen molar-refractivity contribution < 1.29 is 9.90 Å². The molecule has 2 aliphatic rings. The second-order valence-corrected chi connectivity index (χ2v) is 5.61. The summed E-state index contributed by atoms with van der Waals surface area (Å²) in [5.41, 5.74) is -0.425. The molecule has 3 nitrogen and oxygen atoms in total. The Hall–Kier alpha value is -0.570. The Morgan fingerprint density at radius 2 is 2.00 bits per heavy atom. The molecule has 0 spiro atoms. The molecule has 1 aliphatic heterocycles. The first-order valence-corrected chi connectivity index (χ1v) is 6.61. The van der Waals surface area contributed by atoms with Gasteiger partial charge in [0.15, 0.2) is 0 Å². The van der Waals surface area contributed by atoms with Gasteiger partial charge >= 0.3 is 5.97 Å². The molecule has 2 fully saturated rings. The molecule has 16 heavy (non-hydrogen) atoms. The molecule has 1 atom stereocenters. The smallest absolute Gasteiger partial charge is 0.310 e. The number of carboxylic acid groups (broad SMARTS) is 1. The second kappa shape index (κ2) is 4.74. The van der Waals surface area contributed by atoms with Gasteiger partial charge in [0.2, 0.25) is 0 Å². The first-order valence-electron chi connectivity index (χ1n) is 6.61. The molecule has 1 heterocycles. The van der Waals surface area contributed by atoms with Gasteiger partial charge in [0.05, 0.1) is 5.41 Å². The van der Waals surface area contributed by atoms with Crippen LogP contribution in [0.25, 0.3) is 0 Å². The maximum atomic E-state index is 11.5. The maximum Gasteiger partial charge on any atom is 0.310 e. The van der Waals surface area contributed by atoms with Crippen LogP contribution in [0.5, 0.6) is 0 Å². The standard InChI is InChI=1S/C13H23NO2/c1-11-6-2-5-9-14(11)10-13(12(15)16)7-3-4-8-13/h11H,2-10H2,1H3,(H,15,16). The average molecular weight is 225 g/mol. The first-order chi connectivity index (χ1) is 7.64. The van der Waals surface area contributed by atoms with Crippen molar-refractivity contribution in [2.75, 3.05) is 13.1 Å². The lowest BCUT2D eigenvalue weighted by atomic mass is 9.84. The first kappa shape index (κ1) is 11.9. The summed E-state index contributed by atoms with van der Waals surface area (Å²) in [6.07, 6.45) is 7.72. The zero-order valence-corrected chi connectivity index (χ0v) is 10.2. The lowest BCUT2D eigenvalue weighted by Crippen LogP contribution is -2.47. The number of aliphatic carboxylic acids is 1. The Labute approximate surface area is 97.8 Å². The summed E-state index contributed by atoms with van der Waals surface area (Å²) in [6, 6.07) is 0.575. The lowest BCUT2D eigenvalue weighted by Gasteiger charge is -2.38. The van der Waals surface area contributed by atoms with Crippen molar-refractivity contribution in [2.45, 2.75) is 57.9 Å². The van der Waals surface area contributed by atoms with Crippen LogP contribution in [0.2, 0.25) is 0 Å². The number of carboxylic acids is 1. The van der Waals surface area contributed by atoms with E-state index in [4.69, 9.17) is 0 Å². The molecule has 0 aromatic heterocycles. The minimum atomic E-state index is -0.567. The number of hydrogen-bond acceptors (Lipinski definition) is 2. The van der Waals surface area contributed by atoms with Crippen LogP contribution in [-0.4, -0.2) is 35.1 Å². The molecule has 0 bridgehead atoms. The number of rotatable bonds is 3. The van der Waals surface area contributed by atoms with Crippen LogP contribution in [0.1, 0.15) is 51.9 Å². The van der Waals surface area contributed by atoms with E-state index in [2.05, 4.69) is 11.8 Å². The van der Waals surface area contributed by atoms with Gasteiger partial charge in [0, 0.05) is 12.6 Å². The van der Waals surface area contributed by atoms with Crippen LogP contribution < -0.4 is 0 Å². The quantitative estimate of drug-likeness (QED) is 0.802. The predicted octanol–water partition coefficient (Wildman–Crippen LogP) is 2.51. The Morgan fingerprint density at radius 3 is 2.56 bits per heavy atom. The molecular weight excluding hydrogens is 202 g/mol. The highest BCUT2D eigenvalue weighted by molar-refractivity contribution is 5.75. The monoisotopic (exact) mass is 225 g/mol. The van der Waals surface area contributed by atoms with Gasteiger partial charge in [-0.3, -0.25) is 9.69 Å². The number of piperidine rings is 1. The van der Waals surface area contributed by atoms with Crippen LogP contribution in [0.15, 0.2) is 0 Å². The Morgan fingerprint density at radius 1 is 1.31 bits per heavy atom. The number of likely N-dealkylation sites (tertiary alicyclic amines) is 1.